The van der Waals surface area contributed by atoms with E-state index in [1.807, 2.05) is 0 Å². The second-order valence-electron chi connectivity index (χ2n) is 7.52. The van der Waals surface area contributed by atoms with E-state index in [0.29, 0.717) is 0 Å². The Balaban J connectivity index is 4.95. The van der Waals surface area contributed by atoms with Crippen molar-refractivity contribution in [2.45, 2.75) is 129 Å². The average Bonchev–Trinajstić information content (AvgIpc) is 2.58. The van der Waals surface area contributed by atoms with E-state index < -0.39 is 17.4 Å². The van der Waals surface area contributed by atoms with Gasteiger partial charge in [-0.1, -0.05) is 98.8 Å². The third kappa shape index (κ3) is 11.6. The van der Waals surface area contributed by atoms with Crippen molar-refractivity contribution in [2.75, 3.05) is 0 Å². The minimum absolute atomic E-state index is 0.960. The second-order valence-corrected chi connectivity index (χ2v) is 14.7. The summed E-state index contributed by atoms with van der Waals surface area (Å²) >= 11 is 0. The largest absolute Gasteiger partial charge is 0.457 e. The van der Waals surface area contributed by atoms with Gasteiger partial charge in [0.25, 0.3) is 0 Å². The fraction of sp³-hybridized carbons (Fsp3) is 1.00. The summed E-state index contributed by atoms with van der Waals surface area (Å²) < 4.78 is 7.23. The summed E-state index contributed by atoms with van der Waals surface area (Å²) in [6, 6.07) is 7.23. The molecule has 0 aromatic rings. The van der Waals surface area contributed by atoms with Gasteiger partial charge in [-0.2, -0.15) is 0 Å². The molecule has 0 N–H and O–H groups in total. The lowest BCUT2D eigenvalue weighted by molar-refractivity contribution is 0.509. The molecule has 0 saturated carbocycles. The summed E-state index contributed by atoms with van der Waals surface area (Å²) in [7, 11) is -2.42. The monoisotopic (exact) mass is 358 g/mol. The van der Waals surface area contributed by atoms with Gasteiger partial charge in [0.1, 0.15) is 0 Å². The summed E-state index contributed by atoms with van der Waals surface area (Å²) in [6.07, 6.45) is 13.7. The van der Waals surface area contributed by atoms with Crippen LogP contribution in [0.4, 0.5) is 0 Å². The first-order chi connectivity index (χ1) is 11.2. The zero-order valence-corrected chi connectivity index (χ0v) is 19.2. The fourth-order valence-electron chi connectivity index (χ4n) is 3.53. The van der Waals surface area contributed by atoms with Gasteiger partial charge in [0, 0.05) is 0 Å². The van der Waals surface area contributed by atoms with Crippen molar-refractivity contribution in [2.24, 2.45) is 0 Å². The number of hydrogen-bond acceptors (Lipinski definition) is 1. The standard InChI is InChI=1S/C20H46OSi2/c1-6-11-16-22(17-12-7-2)21-23(18-13-8-3,19-14-9-4)20-15-10-5/h22H,6-20H2,1-5H3. The molecule has 0 bridgehead atoms. The molecule has 0 spiro atoms. The third-order valence-corrected chi connectivity index (χ3v) is 14.4. The van der Waals surface area contributed by atoms with Gasteiger partial charge in [0.2, 0.25) is 0 Å². The van der Waals surface area contributed by atoms with Crippen molar-refractivity contribution >= 4 is 17.4 Å². The molecule has 140 valence electrons. The molecule has 0 aliphatic carbocycles. The van der Waals surface area contributed by atoms with Gasteiger partial charge in [-0.05, 0) is 30.2 Å². The highest BCUT2D eigenvalue weighted by Crippen LogP contribution is 2.32. The molecule has 0 saturated heterocycles. The van der Waals surface area contributed by atoms with Crippen LogP contribution in [-0.4, -0.2) is 17.4 Å². The van der Waals surface area contributed by atoms with Crippen molar-refractivity contribution < 1.29 is 4.12 Å². The molecule has 0 atom stereocenters. The van der Waals surface area contributed by atoms with Crippen molar-refractivity contribution in [1.29, 1.82) is 0 Å². The maximum Gasteiger partial charge on any atom is 0.179 e. The van der Waals surface area contributed by atoms with E-state index >= 15 is 0 Å². The lowest BCUT2D eigenvalue weighted by atomic mass is 10.4. The maximum absolute atomic E-state index is 7.23. The Bertz CT molecular complexity index is 216. The second kappa shape index (κ2) is 15.9. The predicted molar refractivity (Wildman–Crippen MR) is 113 cm³/mol. The van der Waals surface area contributed by atoms with Gasteiger partial charge in [0.15, 0.2) is 17.4 Å². The Labute approximate surface area is 150 Å². The van der Waals surface area contributed by atoms with Gasteiger partial charge in [-0.3, -0.25) is 0 Å². The topological polar surface area (TPSA) is 9.23 Å². The highest BCUT2D eigenvalue weighted by molar-refractivity contribution is 6.80. The molecular weight excluding hydrogens is 312 g/mol. The van der Waals surface area contributed by atoms with Gasteiger partial charge < -0.3 is 4.12 Å². The lowest BCUT2D eigenvalue weighted by Crippen LogP contribution is -2.43. The Hall–Kier alpha value is 0.394. The summed E-state index contributed by atoms with van der Waals surface area (Å²) in [6.45, 7) is 11.7. The van der Waals surface area contributed by atoms with Crippen LogP contribution >= 0.6 is 0 Å². The molecule has 0 aliphatic heterocycles. The highest BCUT2D eigenvalue weighted by Gasteiger charge is 2.35. The summed E-state index contributed by atoms with van der Waals surface area (Å²) in [5.41, 5.74) is 0. The molecule has 0 unspecified atom stereocenters. The minimum Gasteiger partial charge on any atom is -0.457 e. The van der Waals surface area contributed by atoms with Crippen LogP contribution < -0.4 is 0 Å². The molecule has 1 nitrogen and oxygen atoms in total. The SMILES string of the molecule is CCCC[SiH](CCCC)O[Si](CCCC)(CCCC)CCCC. The van der Waals surface area contributed by atoms with Crippen molar-refractivity contribution in [3.05, 3.63) is 0 Å². The van der Waals surface area contributed by atoms with Gasteiger partial charge in [-0.25, -0.2) is 0 Å². The van der Waals surface area contributed by atoms with Gasteiger partial charge in [-0.15, -0.1) is 0 Å². The van der Waals surface area contributed by atoms with Crippen molar-refractivity contribution in [3.63, 3.8) is 0 Å². The molecule has 0 amide bonds. The van der Waals surface area contributed by atoms with Crippen LogP contribution in [0.5, 0.6) is 0 Å². The lowest BCUT2D eigenvalue weighted by Gasteiger charge is -2.36. The predicted octanol–water partition coefficient (Wildman–Crippen LogP) is 7.67. The van der Waals surface area contributed by atoms with Crippen LogP contribution in [0.3, 0.4) is 0 Å². The fourth-order valence-corrected chi connectivity index (χ4v) is 14.5. The van der Waals surface area contributed by atoms with E-state index in [1.54, 1.807) is 0 Å². The first kappa shape index (κ1) is 23.4. The van der Waals surface area contributed by atoms with Crippen LogP contribution in [-0.2, 0) is 4.12 Å². The summed E-state index contributed by atoms with van der Waals surface area (Å²) in [5.74, 6) is 0. The smallest absolute Gasteiger partial charge is 0.179 e. The molecule has 0 aromatic heterocycles. The van der Waals surface area contributed by atoms with Crippen molar-refractivity contribution in [3.8, 4) is 0 Å². The van der Waals surface area contributed by atoms with Crippen molar-refractivity contribution in [1.82, 2.24) is 0 Å². The Morgan fingerprint density at radius 2 is 0.913 bits per heavy atom. The maximum atomic E-state index is 7.23. The van der Waals surface area contributed by atoms with Crippen LogP contribution in [0.2, 0.25) is 30.2 Å². The Kier molecular flexibility index (Phi) is 16.2. The number of rotatable bonds is 17. The first-order valence-corrected chi connectivity index (χ1v) is 15.5. The molecule has 0 aliphatic rings. The van der Waals surface area contributed by atoms with Crippen LogP contribution in [0.15, 0.2) is 0 Å². The normalized spacial score (nSPS) is 12.3. The Morgan fingerprint density at radius 3 is 1.22 bits per heavy atom. The molecule has 0 radical (unpaired) electrons. The zero-order valence-electron chi connectivity index (χ0n) is 17.1. The first-order valence-electron chi connectivity index (χ1n) is 10.9. The van der Waals surface area contributed by atoms with Crippen LogP contribution in [0.25, 0.3) is 0 Å². The molecular formula is C20H46OSi2. The molecule has 0 aromatic carbocycles. The van der Waals surface area contributed by atoms with E-state index in [4.69, 9.17) is 4.12 Å². The molecule has 0 rings (SSSR count). The minimum atomic E-state index is -1.46. The van der Waals surface area contributed by atoms with E-state index in [1.165, 1.54) is 94.4 Å². The summed E-state index contributed by atoms with van der Waals surface area (Å²) in [5, 5.41) is 0. The van der Waals surface area contributed by atoms with Crippen LogP contribution in [0, 0.1) is 0 Å². The van der Waals surface area contributed by atoms with E-state index in [2.05, 4.69) is 34.6 Å². The van der Waals surface area contributed by atoms with Gasteiger partial charge >= 0.3 is 0 Å². The Morgan fingerprint density at radius 1 is 0.565 bits per heavy atom. The summed E-state index contributed by atoms with van der Waals surface area (Å²) in [4.78, 5) is 0. The molecule has 0 heterocycles. The van der Waals surface area contributed by atoms with Gasteiger partial charge in [0.05, 0.1) is 0 Å². The number of hydrogen-bond donors (Lipinski definition) is 0. The molecule has 3 heteroatoms. The van der Waals surface area contributed by atoms with E-state index in [9.17, 15) is 0 Å². The van der Waals surface area contributed by atoms with Crippen LogP contribution in [0.1, 0.15) is 98.8 Å². The molecule has 0 fully saturated rings. The third-order valence-electron chi connectivity index (χ3n) is 5.13. The highest BCUT2D eigenvalue weighted by atomic mass is 28.4. The average molecular weight is 359 g/mol. The zero-order chi connectivity index (χ0) is 17.4. The van der Waals surface area contributed by atoms with E-state index in [0.717, 1.165) is 0 Å². The molecule has 23 heavy (non-hydrogen) atoms. The number of unbranched alkanes of at least 4 members (excludes halogenated alkanes) is 5. The quantitative estimate of drug-likeness (QED) is 0.242. The van der Waals surface area contributed by atoms with E-state index in [-0.39, 0.29) is 0 Å².